The van der Waals surface area contributed by atoms with Crippen LogP contribution in [0, 0.1) is 41.5 Å². The number of carbonyl (C=O) groups excluding carboxylic acids is 1. The van der Waals surface area contributed by atoms with Crippen LogP contribution < -0.4 is 15.6 Å². The third-order valence-corrected chi connectivity index (χ3v) is 9.20. The topological polar surface area (TPSA) is 96.3 Å². The number of hydrazine groups is 2. The van der Waals surface area contributed by atoms with Crippen LogP contribution in [0.4, 0.5) is 11.4 Å². The fourth-order valence-corrected chi connectivity index (χ4v) is 6.67. The van der Waals surface area contributed by atoms with Crippen molar-refractivity contribution in [2.24, 2.45) is 0 Å². The van der Waals surface area contributed by atoms with Crippen LogP contribution in [0.2, 0.25) is 0 Å². The molecule has 0 saturated heterocycles. The van der Waals surface area contributed by atoms with Crippen molar-refractivity contribution in [3.63, 3.8) is 0 Å². The van der Waals surface area contributed by atoms with Crippen LogP contribution in [0.15, 0.2) is 24.4 Å². The first-order valence-electron chi connectivity index (χ1n) is 16.0. The van der Waals surface area contributed by atoms with E-state index in [1.165, 1.54) is 5.01 Å². The average Bonchev–Trinajstić information content (AvgIpc) is 2.90. The molecule has 0 bridgehead atoms. The van der Waals surface area contributed by atoms with Gasteiger partial charge in [0, 0.05) is 17.3 Å². The molecule has 1 aliphatic heterocycles. The first-order chi connectivity index (χ1) is 20.9. The Bertz CT molecular complexity index is 1780. The van der Waals surface area contributed by atoms with Gasteiger partial charge in [0.1, 0.15) is 17.2 Å². The lowest BCUT2D eigenvalue weighted by Crippen LogP contribution is -2.56. The number of hydrogen-bond acceptors (Lipinski definition) is 6. The lowest BCUT2D eigenvalue weighted by Gasteiger charge is -2.40. The van der Waals surface area contributed by atoms with E-state index < -0.39 is 0 Å². The van der Waals surface area contributed by atoms with Gasteiger partial charge < -0.3 is 15.3 Å². The van der Waals surface area contributed by atoms with Crippen molar-refractivity contribution < 1.29 is 20.1 Å². The van der Waals surface area contributed by atoms with Crippen LogP contribution in [-0.2, 0) is 21.0 Å². The molecular weight excluding hydrogens is 574 g/mol. The van der Waals surface area contributed by atoms with E-state index in [-0.39, 0.29) is 39.4 Å². The number of phenolic OH excluding ortho intramolecular Hbond substituents is 3. The van der Waals surface area contributed by atoms with E-state index in [1.807, 2.05) is 80.5 Å². The van der Waals surface area contributed by atoms with Crippen molar-refractivity contribution in [3.05, 3.63) is 80.0 Å². The monoisotopic (exact) mass is 627 g/mol. The Hall–Kier alpha value is -3.97. The minimum Gasteiger partial charge on any atom is -0.507 e. The lowest BCUT2D eigenvalue weighted by molar-refractivity contribution is -0.114. The Labute approximate surface area is 275 Å². The predicted molar refractivity (Wildman–Crippen MR) is 190 cm³/mol. The normalized spacial score (nSPS) is 14.7. The summed E-state index contributed by atoms with van der Waals surface area (Å²) in [4.78, 5) is 14.7. The van der Waals surface area contributed by atoms with Gasteiger partial charge in [-0.1, -0.05) is 68.4 Å². The molecule has 0 saturated carbocycles. The van der Waals surface area contributed by atoms with Crippen molar-refractivity contribution in [2.45, 2.75) is 120 Å². The second-order valence-electron chi connectivity index (χ2n) is 16.1. The van der Waals surface area contributed by atoms with Crippen LogP contribution in [0.25, 0.3) is 5.57 Å². The quantitative estimate of drug-likeness (QED) is 0.232. The second-order valence-corrected chi connectivity index (χ2v) is 16.1. The van der Waals surface area contributed by atoms with Crippen LogP contribution >= 0.6 is 0 Å². The molecule has 248 valence electrons. The van der Waals surface area contributed by atoms with Crippen molar-refractivity contribution in [1.82, 2.24) is 5.53 Å². The zero-order valence-electron chi connectivity index (χ0n) is 30.5. The number of rotatable bonds is 3. The number of carbonyl (C=O) groups is 1. The van der Waals surface area contributed by atoms with Crippen molar-refractivity contribution in [3.8, 4) is 17.2 Å². The summed E-state index contributed by atoms with van der Waals surface area (Å²) in [6.07, 6.45) is 1.75. The molecule has 1 amide bonds. The Kier molecular flexibility index (Phi) is 8.63. The van der Waals surface area contributed by atoms with Gasteiger partial charge in [-0.05, 0) is 114 Å². The summed E-state index contributed by atoms with van der Waals surface area (Å²) in [7, 11) is 0. The SMILES string of the molecule is Cc1cc(C(C)(C)C)c(O)c(C)c1C1=CN(c2c(C)cc(C(C)(C)C)c(O)c2C)NN(c2c(C)cc(C(C)(C)C)c(O)c2C)C1=O. The van der Waals surface area contributed by atoms with Crippen LogP contribution in [-0.4, -0.2) is 21.2 Å². The molecule has 1 aliphatic rings. The molecule has 3 aromatic carbocycles. The summed E-state index contributed by atoms with van der Waals surface area (Å²) < 4.78 is 0. The number of phenols is 3. The number of nitrogens with one attached hydrogen (secondary N) is 1. The number of hydrogen-bond donors (Lipinski definition) is 4. The van der Waals surface area contributed by atoms with E-state index in [2.05, 4.69) is 47.1 Å². The molecule has 46 heavy (non-hydrogen) atoms. The highest BCUT2D eigenvalue weighted by Crippen LogP contribution is 2.45. The summed E-state index contributed by atoms with van der Waals surface area (Å²) >= 11 is 0. The van der Waals surface area contributed by atoms with E-state index >= 15 is 0 Å². The van der Waals surface area contributed by atoms with Gasteiger partial charge in [-0.25, -0.2) is 5.01 Å². The van der Waals surface area contributed by atoms with Gasteiger partial charge >= 0.3 is 0 Å². The van der Waals surface area contributed by atoms with Gasteiger partial charge in [-0.15, -0.1) is 5.53 Å². The molecule has 0 fully saturated rings. The molecule has 0 spiro atoms. The first kappa shape index (κ1) is 34.9. The van der Waals surface area contributed by atoms with Crippen LogP contribution in [0.1, 0.15) is 118 Å². The second kappa shape index (κ2) is 11.4. The highest BCUT2D eigenvalue weighted by Gasteiger charge is 2.36. The molecule has 1 heterocycles. The maximum Gasteiger partial charge on any atom is 0.276 e. The molecule has 7 heteroatoms. The third kappa shape index (κ3) is 5.86. The maximum absolute atomic E-state index is 14.7. The van der Waals surface area contributed by atoms with Gasteiger partial charge in [-0.2, -0.15) is 0 Å². The number of amides is 1. The first-order valence-corrected chi connectivity index (χ1v) is 16.0. The summed E-state index contributed by atoms with van der Waals surface area (Å²) in [6, 6.07) is 5.90. The van der Waals surface area contributed by atoms with Crippen LogP contribution in [0.3, 0.4) is 0 Å². The summed E-state index contributed by atoms with van der Waals surface area (Å²) in [5.41, 5.74) is 11.6. The predicted octanol–water partition coefficient (Wildman–Crippen LogP) is 8.86. The molecule has 0 radical (unpaired) electrons. The van der Waals surface area contributed by atoms with Crippen molar-refractivity contribution in [1.29, 1.82) is 0 Å². The Morgan fingerprint density at radius 3 is 1.37 bits per heavy atom. The van der Waals surface area contributed by atoms with E-state index in [0.29, 0.717) is 39.2 Å². The average molecular weight is 628 g/mol. The number of aryl methyl sites for hydroxylation is 3. The molecule has 4 N–H and O–H groups in total. The van der Waals surface area contributed by atoms with Crippen molar-refractivity contribution >= 4 is 22.9 Å². The highest BCUT2D eigenvalue weighted by atomic mass is 16.3. The molecule has 0 aromatic heterocycles. The standard InChI is InChI=1S/C39H53N3O4/c1-20-16-27(37(7,8)9)33(43)23(4)30(20)26-19-41(31-21(2)17-28(38(10,11)12)34(44)24(31)5)40-42(36(26)46)32-22(3)18-29(39(13,14)15)35(45)25(32)6/h16-19,40,43-45H,1-15H3. The van der Waals surface area contributed by atoms with E-state index in [4.69, 9.17) is 0 Å². The van der Waals surface area contributed by atoms with Gasteiger partial charge in [0.25, 0.3) is 5.91 Å². The fourth-order valence-electron chi connectivity index (χ4n) is 6.67. The molecular formula is C39H53N3O4. The zero-order chi connectivity index (χ0) is 35.0. The third-order valence-electron chi connectivity index (χ3n) is 9.20. The van der Waals surface area contributed by atoms with Gasteiger partial charge in [0.05, 0.1) is 16.9 Å². The number of nitrogens with zero attached hydrogens (tertiary/aromatic N) is 2. The minimum absolute atomic E-state index is 0.143. The smallest absolute Gasteiger partial charge is 0.276 e. The minimum atomic E-state index is -0.328. The van der Waals surface area contributed by atoms with Crippen LogP contribution in [0.5, 0.6) is 17.2 Å². The summed E-state index contributed by atoms with van der Waals surface area (Å²) in [5, 5.41) is 37.5. The van der Waals surface area contributed by atoms with Gasteiger partial charge in [0.15, 0.2) is 0 Å². The molecule has 0 atom stereocenters. The Morgan fingerprint density at radius 1 is 0.565 bits per heavy atom. The van der Waals surface area contributed by atoms with E-state index in [1.54, 1.807) is 11.2 Å². The zero-order valence-corrected chi connectivity index (χ0v) is 30.5. The number of aromatic hydroxyl groups is 3. The molecule has 4 rings (SSSR count). The Morgan fingerprint density at radius 2 is 0.935 bits per heavy atom. The number of anilines is 2. The maximum atomic E-state index is 14.7. The van der Waals surface area contributed by atoms with Gasteiger partial charge in [-0.3, -0.25) is 9.80 Å². The summed E-state index contributed by atoms with van der Waals surface area (Å²) in [5.74, 6) is 0.180. The highest BCUT2D eigenvalue weighted by molar-refractivity contribution is 6.28. The van der Waals surface area contributed by atoms with E-state index in [9.17, 15) is 20.1 Å². The molecule has 7 nitrogen and oxygen atoms in total. The van der Waals surface area contributed by atoms with Gasteiger partial charge in [0.2, 0.25) is 0 Å². The van der Waals surface area contributed by atoms with Crippen molar-refractivity contribution in [2.75, 3.05) is 10.0 Å². The molecule has 0 aliphatic carbocycles. The van der Waals surface area contributed by atoms with E-state index in [0.717, 1.165) is 33.4 Å². The molecule has 3 aromatic rings. The fraction of sp³-hybridized carbons (Fsp3) is 0.462. The Balaban J connectivity index is 2.07. The summed E-state index contributed by atoms with van der Waals surface area (Å²) in [6.45, 7) is 29.9. The molecule has 0 unspecified atom stereocenters. The lowest BCUT2D eigenvalue weighted by atomic mass is 9.81. The largest absolute Gasteiger partial charge is 0.507 e. The number of benzene rings is 3.